The Balaban J connectivity index is 0. The van der Waals surface area contributed by atoms with E-state index in [1.807, 2.05) is 0 Å². The Labute approximate surface area is 200 Å². The molecule has 30 heavy (non-hydrogen) atoms. The van der Waals surface area contributed by atoms with Crippen LogP contribution in [0.1, 0.15) is 148 Å². The quantitative estimate of drug-likeness (QED) is 0.0909. The van der Waals surface area contributed by atoms with Crippen molar-refractivity contribution in [2.45, 2.75) is 148 Å². The van der Waals surface area contributed by atoms with Crippen molar-refractivity contribution in [1.82, 2.24) is 0 Å². The molecule has 4 nitrogen and oxygen atoms in total. The predicted octanol–water partition coefficient (Wildman–Crippen LogP) is 5.07. The minimum Gasteiger partial charge on any atom is -0.726 e. The Morgan fingerprint density at radius 1 is 0.500 bits per heavy atom. The van der Waals surface area contributed by atoms with E-state index in [1.165, 1.54) is 122 Å². The van der Waals surface area contributed by atoms with Crippen LogP contribution in [-0.4, -0.2) is 19.6 Å². The predicted molar refractivity (Wildman–Crippen MR) is 123 cm³/mol. The van der Waals surface area contributed by atoms with E-state index in [4.69, 9.17) is 0 Å². The molecule has 0 atom stereocenters. The van der Waals surface area contributed by atoms with Crippen molar-refractivity contribution in [3.8, 4) is 0 Å². The minimum absolute atomic E-state index is 0. The number of hydrogen-bond acceptors (Lipinski definition) is 4. The van der Waals surface area contributed by atoms with Crippen LogP contribution >= 0.6 is 0 Å². The molecule has 0 unspecified atom stereocenters. The molecule has 0 aliphatic heterocycles. The average Bonchev–Trinajstić information content (AvgIpc) is 2.67. The second-order valence-corrected chi connectivity index (χ2v) is 9.71. The third-order valence-corrected chi connectivity index (χ3v) is 6.18. The van der Waals surface area contributed by atoms with Crippen molar-refractivity contribution in [2.24, 2.45) is 0 Å². The number of unbranched alkanes of at least 4 members (excludes halogenated alkanes) is 21. The first kappa shape index (κ1) is 32.6. The van der Waals surface area contributed by atoms with Crippen LogP contribution in [0.15, 0.2) is 0 Å². The zero-order valence-corrected chi connectivity index (χ0v) is 21.1. The van der Waals surface area contributed by atoms with E-state index < -0.39 is 10.4 Å². The summed E-state index contributed by atoms with van der Waals surface area (Å²) in [7, 11) is -4.50. The summed E-state index contributed by atoms with van der Waals surface area (Å²) in [5.74, 6) is 0. The average molecular weight is 441 g/mol. The molecule has 6 heteroatoms. The van der Waals surface area contributed by atoms with Gasteiger partial charge in [-0.1, -0.05) is 142 Å². The molecular formula is C24H49LiO4S. The van der Waals surface area contributed by atoms with E-state index in [1.54, 1.807) is 0 Å². The first-order valence-electron chi connectivity index (χ1n) is 12.7. The molecule has 0 fully saturated rings. The molecule has 0 aromatic rings. The monoisotopic (exact) mass is 440 g/mol. The molecule has 0 radical (unpaired) electrons. The summed E-state index contributed by atoms with van der Waals surface area (Å²) >= 11 is 0. The fourth-order valence-corrected chi connectivity index (χ4v) is 4.19. The van der Waals surface area contributed by atoms with Crippen molar-refractivity contribution >= 4 is 10.4 Å². The Morgan fingerprint density at radius 2 is 0.733 bits per heavy atom. The van der Waals surface area contributed by atoms with Crippen LogP contribution in [-0.2, 0) is 14.6 Å². The first-order valence-corrected chi connectivity index (χ1v) is 14.0. The second kappa shape index (κ2) is 25.7. The topological polar surface area (TPSA) is 66.4 Å². The summed E-state index contributed by atoms with van der Waals surface area (Å²) in [6, 6.07) is 0. The maximum Gasteiger partial charge on any atom is 1.00 e. The van der Waals surface area contributed by atoms with Crippen molar-refractivity contribution in [2.75, 3.05) is 6.61 Å². The summed E-state index contributed by atoms with van der Waals surface area (Å²) in [5, 5.41) is 0. The van der Waals surface area contributed by atoms with Crippen LogP contribution in [0.25, 0.3) is 0 Å². The maximum atomic E-state index is 10.3. The van der Waals surface area contributed by atoms with Crippen molar-refractivity contribution in [3.63, 3.8) is 0 Å². The first-order chi connectivity index (χ1) is 14.1. The summed E-state index contributed by atoms with van der Waals surface area (Å²) in [6.07, 6.45) is 29.1. The van der Waals surface area contributed by atoms with Crippen LogP contribution in [0.2, 0.25) is 0 Å². The van der Waals surface area contributed by atoms with Crippen molar-refractivity contribution in [1.29, 1.82) is 0 Å². The smallest absolute Gasteiger partial charge is 0.726 e. The zero-order valence-electron chi connectivity index (χ0n) is 20.3. The molecule has 0 aromatic carbocycles. The molecule has 0 N–H and O–H groups in total. The molecule has 0 heterocycles. The van der Waals surface area contributed by atoms with E-state index >= 15 is 0 Å². The normalized spacial score (nSPS) is 11.5. The van der Waals surface area contributed by atoms with Crippen LogP contribution in [0.4, 0.5) is 0 Å². The van der Waals surface area contributed by atoms with E-state index in [9.17, 15) is 13.0 Å². The van der Waals surface area contributed by atoms with Gasteiger partial charge in [0, 0.05) is 0 Å². The molecule has 0 saturated heterocycles. The fraction of sp³-hybridized carbons (Fsp3) is 1.00. The van der Waals surface area contributed by atoms with Gasteiger partial charge in [-0.05, 0) is 6.42 Å². The van der Waals surface area contributed by atoms with Crippen LogP contribution in [0.3, 0.4) is 0 Å². The van der Waals surface area contributed by atoms with Crippen LogP contribution in [0, 0.1) is 0 Å². The third-order valence-electron chi connectivity index (χ3n) is 5.73. The summed E-state index contributed by atoms with van der Waals surface area (Å²) in [6.45, 7) is 2.31. The van der Waals surface area contributed by atoms with Gasteiger partial charge in [-0.3, -0.25) is 4.18 Å². The van der Waals surface area contributed by atoms with E-state index in [2.05, 4.69) is 11.1 Å². The zero-order chi connectivity index (χ0) is 21.5. The molecule has 0 aromatic heterocycles. The van der Waals surface area contributed by atoms with E-state index in [0.29, 0.717) is 6.42 Å². The van der Waals surface area contributed by atoms with Gasteiger partial charge in [0.1, 0.15) is 0 Å². The molecule has 0 spiro atoms. The summed E-state index contributed by atoms with van der Waals surface area (Å²) in [4.78, 5) is 0. The number of hydrogen-bond donors (Lipinski definition) is 0. The molecule has 0 bridgehead atoms. The Hall–Kier alpha value is 0.467. The van der Waals surface area contributed by atoms with E-state index in [-0.39, 0.29) is 25.5 Å². The SMILES string of the molecule is CCCCCCCCCCCCCCCCCCCCCCCCOS(=O)(=O)[O-].[Li+]. The van der Waals surface area contributed by atoms with Crippen LogP contribution in [0.5, 0.6) is 0 Å². The van der Waals surface area contributed by atoms with Gasteiger partial charge >= 0.3 is 18.9 Å². The summed E-state index contributed by atoms with van der Waals surface area (Å²) in [5.41, 5.74) is 0. The summed E-state index contributed by atoms with van der Waals surface area (Å²) < 4.78 is 35.0. The van der Waals surface area contributed by atoms with Gasteiger partial charge in [-0.15, -0.1) is 0 Å². The second-order valence-electron chi connectivity index (χ2n) is 8.65. The van der Waals surface area contributed by atoms with Gasteiger partial charge in [0.05, 0.1) is 6.61 Å². The molecule has 0 rings (SSSR count). The van der Waals surface area contributed by atoms with Gasteiger partial charge in [-0.2, -0.15) is 0 Å². The van der Waals surface area contributed by atoms with E-state index in [0.717, 1.165) is 12.8 Å². The van der Waals surface area contributed by atoms with Crippen molar-refractivity contribution < 1.29 is 36.0 Å². The van der Waals surface area contributed by atoms with Gasteiger partial charge in [0.2, 0.25) is 10.4 Å². The maximum absolute atomic E-state index is 10.3. The molecule has 176 valence electrons. The van der Waals surface area contributed by atoms with Gasteiger partial charge in [-0.25, -0.2) is 8.42 Å². The Morgan fingerprint density at radius 3 is 0.967 bits per heavy atom. The Kier molecular flexibility index (Phi) is 28.0. The number of rotatable bonds is 24. The molecule has 0 aliphatic carbocycles. The van der Waals surface area contributed by atoms with Gasteiger partial charge in [0.25, 0.3) is 0 Å². The van der Waals surface area contributed by atoms with Crippen LogP contribution < -0.4 is 18.9 Å². The molecular weight excluding hydrogens is 391 g/mol. The molecule has 0 aliphatic rings. The third kappa shape index (κ3) is 30.7. The van der Waals surface area contributed by atoms with Crippen molar-refractivity contribution in [3.05, 3.63) is 0 Å². The Bertz CT molecular complexity index is 415. The minimum atomic E-state index is -4.50. The van der Waals surface area contributed by atoms with Gasteiger partial charge < -0.3 is 4.55 Å². The fourth-order valence-electron chi connectivity index (χ4n) is 3.87. The standard InChI is InChI=1S/C24H50O4S.Li/c1-2-3-4-5-6-7-8-9-10-11-12-13-14-15-16-17-18-19-20-21-22-23-24-28-29(25,26)27;/h2-24H2,1H3,(H,25,26,27);/q;+1/p-1. The largest absolute Gasteiger partial charge is 1.00 e. The van der Waals surface area contributed by atoms with Gasteiger partial charge in [0.15, 0.2) is 0 Å². The molecule has 0 saturated carbocycles. The molecule has 0 amide bonds.